The normalized spacial score (nSPS) is 13.6. The zero-order chi connectivity index (χ0) is 28.0. The number of aromatic nitrogens is 2. The number of benzene rings is 2. The van der Waals surface area contributed by atoms with Crippen molar-refractivity contribution in [3.63, 3.8) is 0 Å². The first-order valence-corrected chi connectivity index (χ1v) is 15.8. The third kappa shape index (κ3) is 7.60. The van der Waals surface area contributed by atoms with E-state index in [9.17, 15) is 9.36 Å². The predicted molar refractivity (Wildman–Crippen MR) is 163 cm³/mol. The molecule has 0 saturated carbocycles. The number of nitrogens with one attached hydrogen (secondary N) is 3. The van der Waals surface area contributed by atoms with Crippen LogP contribution in [0.15, 0.2) is 61.3 Å². The molecule has 3 aromatic rings. The molecule has 0 aliphatic carbocycles. The van der Waals surface area contributed by atoms with Gasteiger partial charge in [0.25, 0.3) is 0 Å². The lowest BCUT2D eigenvalue weighted by atomic mass is 10.2. The van der Waals surface area contributed by atoms with Crippen molar-refractivity contribution in [1.82, 2.24) is 14.9 Å². The molecule has 0 spiro atoms. The number of carbonyl (C=O) groups excluding carboxylic acids is 1. The van der Waals surface area contributed by atoms with Crippen molar-refractivity contribution < 1.29 is 9.36 Å². The van der Waals surface area contributed by atoms with Crippen LogP contribution in [-0.2, 0) is 9.36 Å². The van der Waals surface area contributed by atoms with Crippen LogP contribution in [-0.4, -0.2) is 67.3 Å². The van der Waals surface area contributed by atoms with E-state index in [-0.39, 0.29) is 5.91 Å². The summed E-state index contributed by atoms with van der Waals surface area (Å²) >= 11 is 6.40. The van der Waals surface area contributed by atoms with Gasteiger partial charge in [-0.15, -0.1) is 0 Å². The third-order valence-corrected chi connectivity index (χ3v) is 8.37. The zero-order valence-electron chi connectivity index (χ0n) is 22.6. The van der Waals surface area contributed by atoms with Crippen molar-refractivity contribution in [1.29, 1.82) is 0 Å². The Bertz CT molecular complexity index is 1390. The minimum atomic E-state index is -2.53. The maximum atomic E-state index is 12.8. The van der Waals surface area contributed by atoms with Crippen molar-refractivity contribution >= 4 is 64.5 Å². The standard InChI is InChI=1S/C28H35ClN7O2P/c1-5-26(37)32-23-18-20(12-13-24(23)35(2)16-17-36-14-8-9-15-36)31-28-30-19-21(29)27(34-28)33-22-10-6-7-11-25(22)39(3,4)38/h5-7,10-13,18-19H,1,8-9,14-17H2,2-4H3,(H,32,37)(H2,30,31,33,34). The molecule has 1 aromatic heterocycles. The van der Waals surface area contributed by atoms with Gasteiger partial charge in [-0.25, -0.2) is 4.98 Å². The molecular formula is C28H35ClN7O2P. The van der Waals surface area contributed by atoms with Gasteiger partial charge in [-0.05, 0) is 75.7 Å². The maximum absolute atomic E-state index is 12.8. The van der Waals surface area contributed by atoms with Gasteiger partial charge in [-0.2, -0.15) is 4.98 Å². The Kier molecular flexibility index (Phi) is 9.28. The molecular weight excluding hydrogens is 533 g/mol. The van der Waals surface area contributed by atoms with Crippen LogP contribution in [0, 0.1) is 0 Å². The molecule has 9 nitrogen and oxygen atoms in total. The molecule has 3 N–H and O–H groups in total. The predicted octanol–water partition coefficient (Wildman–Crippen LogP) is 5.52. The number of likely N-dealkylation sites (N-methyl/N-ethyl adjacent to an activating group) is 1. The van der Waals surface area contributed by atoms with E-state index in [4.69, 9.17) is 11.6 Å². The van der Waals surface area contributed by atoms with Crippen molar-refractivity contribution in [2.75, 3.05) is 67.4 Å². The van der Waals surface area contributed by atoms with Crippen LogP contribution in [0.1, 0.15) is 12.8 Å². The number of amides is 1. The van der Waals surface area contributed by atoms with Crippen LogP contribution < -0.4 is 26.2 Å². The first-order valence-electron chi connectivity index (χ1n) is 12.9. The van der Waals surface area contributed by atoms with Crippen molar-refractivity contribution in [2.45, 2.75) is 12.8 Å². The Morgan fingerprint density at radius 1 is 1.15 bits per heavy atom. The number of anilines is 6. The zero-order valence-corrected chi connectivity index (χ0v) is 24.2. The molecule has 4 rings (SSSR count). The lowest BCUT2D eigenvalue weighted by Crippen LogP contribution is -2.31. The average Bonchev–Trinajstić information content (AvgIpc) is 3.43. The van der Waals surface area contributed by atoms with E-state index in [1.54, 1.807) is 13.3 Å². The van der Waals surface area contributed by atoms with Gasteiger partial charge in [-0.3, -0.25) is 4.79 Å². The summed E-state index contributed by atoms with van der Waals surface area (Å²) in [4.78, 5) is 25.7. The number of nitrogens with zero attached hydrogens (tertiary/aromatic N) is 4. The largest absolute Gasteiger partial charge is 0.372 e. The quantitative estimate of drug-likeness (QED) is 0.206. The lowest BCUT2D eigenvalue weighted by molar-refractivity contribution is -0.111. The summed E-state index contributed by atoms with van der Waals surface area (Å²) in [5.41, 5.74) is 2.91. The number of hydrogen-bond acceptors (Lipinski definition) is 8. The number of halogens is 1. The Labute approximate surface area is 235 Å². The number of rotatable bonds is 11. The van der Waals surface area contributed by atoms with E-state index in [0.29, 0.717) is 39.2 Å². The first-order chi connectivity index (χ1) is 18.6. The molecule has 1 amide bonds. The van der Waals surface area contributed by atoms with E-state index < -0.39 is 7.14 Å². The fourth-order valence-electron chi connectivity index (χ4n) is 4.47. The van der Waals surface area contributed by atoms with Gasteiger partial charge in [0.05, 0.1) is 23.3 Å². The monoisotopic (exact) mass is 567 g/mol. The Hall–Kier alpha value is -3.39. The highest BCUT2D eigenvalue weighted by molar-refractivity contribution is 7.70. The molecule has 1 aliphatic heterocycles. The van der Waals surface area contributed by atoms with Gasteiger partial charge in [0, 0.05) is 31.1 Å². The van der Waals surface area contributed by atoms with Crippen LogP contribution in [0.2, 0.25) is 5.02 Å². The number of carbonyl (C=O) groups is 1. The van der Waals surface area contributed by atoms with E-state index >= 15 is 0 Å². The molecule has 1 aliphatic rings. The number of hydrogen-bond donors (Lipinski definition) is 3. The molecule has 1 fully saturated rings. The van der Waals surface area contributed by atoms with Crippen molar-refractivity contribution in [3.05, 3.63) is 66.3 Å². The molecule has 0 atom stereocenters. The molecule has 0 bridgehead atoms. The second kappa shape index (κ2) is 12.6. The van der Waals surface area contributed by atoms with E-state index in [0.717, 1.165) is 31.9 Å². The summed E-state index contributed by atoms with van der Waals surface area (Å²) < 4.78 is 12.8. The summed E-state index contributed by atoms with van der Waals surface area (Å²) in [5, 5.41) is 10.4. The molecule has 2 aromatic carbocycles. The van der Waals surface area contributed by atoms with Gasteiger partial charge >= 0.3 is 0 Å². The Morgan fingerprint density at radius 3 is 2.62 bits per heavy atom. The van der Waals surface area contributed by atoms with Gasteiger partial charge < -0.3 is 30.3 Å². The minimum absolute atomic E-state index is 0.293. The summed E-state index contributed by atoms with van der Waals surface area (Å²) in [5.74, 6) is 0.401. The lowest BCUT2D eigenvalue weighted by Gasteiger charge is -2.25. The molecule has 0 radical (unpaired) electrons. The molecule has 2 heterocycles. The van der Waals surface area contributed by atoms with Crippen LogP contribution in [0.5, 0.6) is 0 Å². The number of likely N-dealkylation sites (tertiary alicyclic amines) is 1. The summed E-state index contributed by atoms with van der Waals surface area (Å²) in [6.07, 6.45) is 5.25. The molecule has 39 heavy (non-hydrogen) atoms. The highest BCUT2D eigenvalue weighted by Gasteiger charge is 2.18. The molecule has 0 unspecified atom stereocenters. The second-order valence-corrected chi connectivity index (χ2v) is 13.5. The maximum Gasteiger partial charge on any atom is 0.247 e. The van der Waals surface area contributed by atoms with Gasteiger partial charge in [-0.1, -0.05) is 30.3 Å². The molecule has 1 saturated heterocycles. The van der Waals surface area contributed by atoms with E-state index in [2.05, 4.69) is 42.3 Å². The van der Waals surface area contributed by atoms with Crippen molar-refractivity contribution in [2.24, 2.45) is 0 Å². The summed E-state index contributed by atoms with van der Waals surface area (Å²) in [6.45, 7) is 11.1. The van der Waals surface area contributed by atoms with Gasteiger partial charge in [0.2, 0.25) is 11.9 Å². The minimum Gasteiger partial charge on any atom is -0.372 e. The molecule has 206 valence electrons. The van der Waals surface area contributed by atoms with Crippen LogP contribution in [0.3, 0.4) is 0 Å². The Balaban J connectivity index is 1.55. The average molecular weight is 568 g/mol. The van der Waals surface area contributed by atoms with Crippen molar-refractivity contribution in [3.8, 4) is 0 Å². The molecule has 11 heteroatoms. The fourth-order valence-corrected chi connectivity index (χ4v) is 5.76. The van der Waals surface area contributed by atoms with Gasteiger partial charge in [0.15, 0.2) is 5.82 Å². The smallest absolute Gasteiger partial charge is 0.247 e. The second-order valence-electron chi connectivity index (χ2n) is 9.90. The van der Waals surface area contributed by atoms with E-state index in [1.165, 1.54) is 25.1 Å². The Morgan fingerprint density at radius 2 is 1.90 bits per heavy atom. The SMILES string of the molecule is C=CC(=O)Nc1cc(Nc2ncc(Cl)c(Nc3ccccc3P(C)(C)=O)n2)ccc1N(C)CCN1CCCC1. The fraction of sp³-hybridized carbons (Fsp3) is 0.321. The first kappa shape index (κ1) is 28.6. The van der Waals surface area contributed by atoms with Crippen LogP contribution >= 0.6 is 18.7 Å². The van der Waals surface area contributed by atoms with E-state index in [1.807, 2.05) is 49.5 Å². The van der Waals surface area contributed by atoms with Crippen LogP contribution in [0.4, 0.5) is 34.5 Å². The van der Waals surface area contributed by atoms with Gasteiger partial charge in [0.1, 0.15) is 12.2 Å². The topological polar surface area (TPSA) is 102 Å². The summed E-state index contributed by atoms with van der Waals surface area (Å²) in [7, 11) is -0.512. The highest BCUT2D eigenvalue weighted by Crippen LogP contribution is 2.38. The highest BCUT2D eigenvalue weighted by atomic mass is 35.5. The van der Waals surface area contributed by atoms with Crippen LogP contribution in [0.25, 0.3) is 0 Å². The number of para-hydroxylation sites is 1. The summed E-state index contributed by atoms with van der Waals surface area (Å²) in [6, 6.07) is 13.1. The third-order valence-electron chi connectivity index (χ3n) is 6.54.